The average Bonchev–Trinajstić information content (AvgIpc) is 2.83. The molecule has 0 atom stereocenters. The second kappa shape index (κ2) is 5.23. The van der Waals surface area contributed by atoms with Gasteiger partial charge in [-0.25, -0.2) is 9.97 Å². The van der Waals surface area contributed by atoms with Crippen molar-refractivity contribution in [3.63, 3.8) is 0 Å². The standard InChI is InChI=1S/C11H16N4S/c1-9-7-16-11(14-9)3-4-12-5-10-6-13-8-15(10)2/h6-8,12H,3-5H2,1-2H3. The Morgan fingerprint density at radius 2 is 2.38 bits per heavy atom. The van der Waals surface area contributed by atoms with E-state index in [4.69, 9.17) is 0 Å². The molecule has 0 saturated carbocycles. The van der Waals surface area contributed by atoms with Gasteiger partial charge in [0.05, 0.1) is 17.0 Å². The fourth-order valence-electron chi connectivity index (χ4n) is 1.48. The molecule has 0 saturated heterocycles. The maximum absolute atomic E-state index is 4.42. The van der Waals surface area contributed by atoms with Crippen molar-refractivity contribution >= 4 is 11.3 Å². The van der Waals surface area contributed by atoms with Crippen molar-refractivity contribution in [2.75, 3.05) is 6.54 Å². The molecular weight excluding hydrogens is 220 g/mol. The number of rotatable bonds is 5. The van der Waals surface area contributed by atoms with Gasteiger partial charge in [0.15, 0.2) is 0 Å². The summed E-state index contributed by atoms with van der Waals surface area (Å²) in [5.41, 5.74) is 2.32. The maximum atomic E-state index is 4.42. The van der Waals surface area contributed by atoms with Crippen LogP contribution in [-0.2, 0) is 20.0 Å². The number of hydrogen-bond acceptors (Lipinski definition) is 4. The van der Waals surface area contributed by atoms with E-state index in [-0.39, 0.29) is 0 Å². The molecule has 0 aliphatic heterocycles. The molecule has 0 aromatic carbocycles. The van der Waals surface area contributed by atoms with Gasteiger partial charge in [0.2, 0.25) is 0 Å². The highest BCUT2D eigenvalue weighted by atomic mass is 32.1. The van der Waals surface area contributed by atoms with Crippen molar-refractivity contribution < 1.29 is 0 Å². The van der Waals surface area contributed by atoms with Crippen molar-refractivity contribution in [3.05, 3.63) is 34.3 Å². The second-order valence-electron chi connectivity index (χ2n) is 3.81. The first-order chi connectivity index (χ1) is 7.75. The summed E-state index contributed by atoms with van der Waals surface area (Å²) in [5, 5.41) is 6.69. The van der Waals surface area contributed by atoms with E-state index in [9.17, 15) is 0 Å². The lowest BCUT2D eigenvalue weighted by Crippen LogP contribution is -2.18. The van der Waals surface area contributed by atoms with Crippen molar-refractivity contribution in [1.82, 2.24) is 19.9 Å². The molecule has 0 spiro atoms. The van der Waals surface area contributed by atoms with Crippen LogP contribution in [0, 0.1) is 6.92 Å². The van der Waals surface area contributed by atoms with Crippen LogP contribution in [0.2, 0.25) is 0 Å². The predicted molar refractivity (Wildman–Crippen MR) is 65.5 cm³/mol. The van der Waals surface area contributed by atoms with Crippen LogP contribution in [0.3, 0.4) is 0 Å². The second-order valence-corrected chi connectivity index (χ2v) is 4.75. The van der Waals surface area contributed by atoms with E-state index in [1.807, 2.05) is 31.1 Å². The lowest BCUT2D eigenvalue weighted by Gasteiger charge is -2.03. The Hall–Kier alpha value is -1.20. The van der Waals surface area contributed by atoms with E-state index in [0.29, 0.717) is 0 Å². The molecule has 0 unspecified atom stereocenters. The smallest absolute Gasteiger partial charge is 0.0945 e. The molecule has 0 aliphatic carbocycles. The van der Waals surface area contributed by atoms with Crippen LogP contribution in [-0.4, -0.2) is 21.1 Å². The molecule has 4 nitrogen and oxygen atoms in total. The molecule has 2 aromatic heterocycles. The molecule has 86 valence electrons. The minimum absolute atomic E-state index is 0.862. The maximum Gasteiger partial charge on any atom is 0.0945 e. The van der Waals surface area contributed by atoms with E-state index in [1.165, 1.54) is 10.7 Å². The van der Waals surface area contributed by atoms with Gasteiger partial charge < -0.3 is 9.88 Å². The summed E-state index contributed by atoms with van der Waals surface area (Å²) >= 11 is 1.73. The first kappa shape index (κ1) is 11.3. The van der Waals surface area contributed by atoms with Crippen LogP contribution < -0.4 is 5.32 Å². The predicted octanol–water partition coefficient (Wildman–Crippen LogP) is 1.52. The minimum Gasteiger partial charge on any atom is -0.337 e. The molecule has 16 heavy (non-hydrogen) atoms. The molecule has 2 heterocycles. The van der Waals surface area contributed by atoms with Crippen LogP contribution in [0.5, 0.6) is 0 Å². The summed E-state index contributed by atoms with van der Waals surface area (Å²) in [7, 11) is 2.01. The first-order valence-electron chi connectivity index (χ1n) is 5.32. The van der Waals surface area contributed by atoms with Gasteiger partial charge in [0, 0.05) is 43.8 Å². The Morgan fingerprint density at radius 3 is 3.00 bits per heavy atom. The fourth-order valence-corrected chi connectivity index (χ4v) is 2.26. The summed E-state index contributed by atoms with van der Waals surface area (Å²) in [4.78, 5) is 8.50. The molecular formula is C11H16N4S. The Morgan fingerprint density at radius 1 is 1.50 bits per heavy atom. The Kier molecular flexibility index (Phi) is 3.69. The molecule has 1 N–H and O–H groups in total. The van der Waals surface area contributed by atoms with Crippen LogP contribution in [0.15, 0.2) is 17.9 Å². The SMILES string of the molecule is Cc1csc(CCNCc2cncn2C)n1. The van der Waals surface area contributed by atoms with Crippen molar-refractivity contribution in [1.29, 1.82) is 0 Å². The van der Waals surface area contributed by atoms with Crippen molar-refractivity contribution in [2.24, 2.45) is 7.05 Å². The number of thiazole rings is 1. The quantitative estimate of drug-likeness (QED) is 0.800. The Balaban J connectivity index is 1.71. The third-order valence-electron chi connectivity index (χ3n) is 2.40. The Bertz CT molecular complexity index is 446. The highest BCUT2D eigenvalue weighted by molar-refractivity contribution is 7.09. The van der Waals surface area contributed by atoms with Gasteiger partial charge in [-0.1, -0.05) is 0 Å². The van der Waals surface area contributed by atoms with Gasteiger partial charge in [-0.05, 0) is 6.92 Å². The normalized spacial score (nSPS) is 10.9. The van der Waals surface area contributed by atoms with E-state index in [1.54, 1.807) is 11.3 Å². The van der Waals surface area contributed by atoms with Gasteiger partial charge in [0.1, 0.15) is 0 Å². The monoisotopic (exact) mass is 236 g/mol. The summed E-state index contributed by atoms with van der Waals surface area (Å²) in [6, 6.07) is 0. The number of imidazole rings is 1. The Labute approximate surface area is 99.4 Å². The van der Waals surface area contributed by atoms with E-state index < -0.39 is 0 Å². The third-order valence-corrected chi connectivity index (χ3v) is 3.43. The largest absolute Gasteiger partial charge is 0.337 e. The van der Waals surface area contributed by atoms with Crippen molar-refractivity contribution in [2.45, 2.75) is 19.9 Å². The van der Waals surface area contributed by atoms with Gasteiger partial charge >= 0.3 is 0 Å². The highest BCUT2D eigenvalue weighted by Crippen LogP contribution is 2.08. The zero-order chi connectivity index (χ0) is 11.4. The van der Waals surface area contributed by atoms with Crippen LogP contribution in [0.25, 0.3) is 0 Å². The van der Waals surface area contributed by atoms with Crippen LogP contribution >= 0.6 is 11.3 Å². The summed E-state index contributed by atoms with van der Waals surface area (Å²) in [6.07, 6.45) is 4.71. The topological polar surface area (TPSA) is 42.7 Å². The molecule has 2 rings (SSSR count). The number of hydrogen-bond donors (Lipinski definition) is 1. The number of aromatic nitrogens is 3. The van der Waals surface area contributed by atoms with Gasteiger partial charge in [0.25, 0.3) is 0 Å². The number of nitrogens with zero attached hydrogens (tertiary/aromatic N) is 3. The number of nitrogens with one attached hydrogen (secondary N) is 1. The number of aryl methyl sites for hydroxylation is 2. The summed E-state index contributed by atoms with van der Waals surface area (Å²) in [5.74, 6) is 0. The molecule has 0 fully saturated rings. The third kappa shape index (κ3) is 2.90. The summed E-state index contributed by atoms with van der Waals surface area (Å²) in [6.45, 7) is 3.85. The van der Waals surface area contributed by atoms with Crippen LogP contribution in [0.1, 0.15) is 16.4 Å². The first-order valence-corrected chi connectivity index (χ1v) is 6.20. The molecule has 0 radical (unpaired) electrons. The van der Waals surface area contributed by atoms with Crippen LogP contribution in [0.4, 0.5) is 0 Å². The van der Waals surface area contributed by atoms with Gasteiger partial charge in [-0.15, -0.1) is 11.3 Å². The molecule has 2 aromatic rings. The highest BCUT2D eigenvalue weighted by Gasteiger charge is 2.00. The molecule has 0 bridgehead atoms. The molecule has 5 heteroatoms. The lowest BCUT2D eigenvalue weighted by molar-refractivity contribution is 0.651. The average molecular weight is 236 g/mol. The zero-order valence-electron chi connectivity index (χ0n) is 9.60. The van der Waals surface area contributed by atoms with Crippen molar-refractivity contribution in [3.8, 4) is 0 Å². The zero-order valence-corrected chi connectivity index (χ0v) is 10.4. The van der Waals surface area contributed by atoms with Gasteiger partial charge in [-0.2, -0.15) is 0 Å². The van der Waals surface area contributed by atoms with Gasteiger partial charge in [-0.3, -0.25) is 0 Å². The fraction of sp³-hybridized carbons (Fsp3) is 0.455. The minimum atomic E-state index is 0.862. The lowest BCUT2D eigenvalue weighted by atomic mass is 10.4. The molecule has 0 aliphatic rings. The van der Waals surface area contributed by atoms with E-state index in [0.717, 1.165) is 25.2 Å². The summed E-state index contributed by atoms with van der Waals surface area (Å²) < 4.78 is 2.03. The van der Waals surface area contributed by atoms with E-state index >= 15 is 0 Å². The molecule has 0 amide bonds. The van der Waals surface area contributed by atoms with E-state index in [2.05, 4.69) is 20.7 Å².